The van der Waals surface area contributed by atoms with Gasteiger partial charge in [-0.2, -0.15) is 0 Å². The summed E-state index contributed by atoms with van der Waals surface area (Å²) in [4.78, 5) is 25.7. The number of likely N-dealkylation sites (N-methyl/N-ethyl adjacent to an activating group) is 1. The van der Waals surface area contributed by atoms with E-state index >= 15 is 0 Å². The highest BCUT2D eigenvalue weighted by Crippen LogP contribution is 2.14. The maximum atomic E-state index is 12.1. The minimum absolute atomic E-state index is 0.0971. The first-order valence-electron chi connectivity index (χ1n) is 13.1. The van der Waals surface area contributed by atoms with E-state index in [1.807, 2.05) is 6.92 Å². The summed E-state index contributed by atoms with van der Waals surface area (Å²) >= 11 is 0. The van der Waals surface area contributed by atoms with Crippen molar-refractivity contribution in [3.05, 3.63) is 0 Å². The largest absolute Gasteiger partial charge is 0.440 e. The lowest BCUT2D eigenvalue weighted by molar-refractivity contribution is -0.162. The molecule has 0 aromatic heterocycles. The van der Waals surface area contributed by atoms with E-state index in [1.54, 1.807) is 19.0 Å². The molecule has 0 spiro atoms. The quantitative estimate of drug-likeness (QED) is 0.137. The third-order valence-electron chi connectivity index (χ3n) is 5.70. The Hall–Kier alpha value is -1.14. The van der Waals surface area contributed by atoms with Crippen molar-refractivity contribution in [2.24, 2.45) is 5.92 Å². The molecule has 1 amide bonds. The van der Waals surface area contributed by atoms with Crippen LogP contribution in [0.4, 0.5) is 0 Å². The van der Waals surface area contributed by atoms with E-state index in [4.69, 9.17) is 4.74 Å². The first-order valence-corrected chi connectivity index (χ1v) is 13.1. The molecule has 2 unspecified atom stereocenters. The number of esters is 1. The smallest absolute Gasteiger partial charge is 0.338 e. The lowest BCUT2D eigenvalue weighted by atomic mass is 10.0. The number of unbranched alkanes of at least 4 members (excludes halogenated alkanes) is 11. The van der Waals surface area contributed by atoms with Crippen LogP contribution in [-0.4, -0.2) is 54.9 Å². The Kier molecular flexibility index (Phi) is 19.7. The number of aliphatic hydroxyl groups excluding tert-OH is 1. The van der Waals surface area contributed by atoms with Gasteiger partial charge < -0.3 is 20.1 Å². The Morgan fingerprint density at radius 3 is 1.75 bits per heavy atom. The molecular formula is C26H52N2O4. The van der Waals surface area contributed by atoms with Crippen molar-refractivity contribution >= 4 is 11.9 Å². The second-order valence-electron chi connectivity index (χ2n) is 9.85. The lowest BCUT2D eigenvalue weighted by Gasteiger charge is -2.21. The summed E-state index contributed by atoms with van der Waals surface area (Å²) in [6.07, 6.45) is 15.7. The van der Waals surface area contributed by atoms with Crippen LogP contribution in [0, 0.1) is 5.92 Å². The molecule has 0 aliphatic rings. The standard InChI is InChI=1S/C26H52N2O4/c1-6-25(32-26(31)23(29)21-28(4)5)27-24(30)20-18-16-14-12-10-8-7-9-11-13-15-17-19-22(2)3/h22-23,25,29H,6-21H2,1-5H3,(H,27,30). The van der Waals surface area contributed by atoms with Crippen molar-refractivity contribution in [1.29, 1.82) is 0 Å². The van der Waals surface area contributed by atoms with Gasteiger partial charge in [0.05, 0.1) is 0 Å². The zero-order chi connectivity index (χ0) is 24.2. The molecule has 0 radical (unpaired) electrons. The summed E-state index contributed by atoms with van der Waals surface area (Å²) in [6.45, 7) is 6.64. The molecule has 190 valence electrons. The number of rotatable bonds is 21. The minimum atomic E-state index is -1.20. The third-order valence-corrected chi connectivity index (χ3v) is 5.70. The lowest BCUT2D eigenvalue weighted by Crippen LogP contribution is -2.42. The molecule has 0 aliphatic carbocycles. The van der Waals surface area contributed by atoms with E-state index in [0.29, 0.717) is 12.8 Å². The van der Waals surface area contributed by atoms with Crippen LogP contribution in [-0.2, 0) is 14.3 Å². The van der Waals surface area contributed by atoms with Gasteiger partial charge in [-0.05, 0) is 26.4 Å². The molecule has 2 atom stereocenters. The Bertz CT molecular complexity index is 469. The Morgan fingerprint density at radius 2 is 1.31 bits per heavy atom. The van der Waals surface area contributed by atoms with Gasteiger partial charge in [-0.3, -0.25) is 4.79 Å². The summed E-state index contributed by atoms with van der Waals surface area (Å²) in [7, 11) is 3.54. The summed E-state index contributed by atoms with van der Waals surface area (Å²) in [5, 5.41) is 12.5. The van der Waals surface area contributed by atoms with E-state index in [1.165, 1.54) is 70.6 Å². The van der Waals surface area contributed by atoms with Crippen LogP contribution in [0.3, 0.4) is 0 Å². The molecule has 0 saturated heterocycles. The highest BCUT2D eigenvalue weighted by molar-refractivity contribution is 5.77. The van der Waals surface area contributed by atoms with Gasteiger partial charge in [-0.15, -0.1) is 0 Å². The summed E-state index contributed by atoms with van der Waals surface area (Å²) in [5.74, 6) is 0.0486. The maximum absolute atomic E-state index is 12.1. The van der Waals surface area contributed by atoms with Crippen LogP contribution in [0.1, 0.15) is 117 Å². The fourth-order valence-electron chi connectivity index (χ4n) is 3.71. The predicted molar refractivity (Wildman–Crippen MR) is 132 cm³/mol. The first-order chi connectivity index (χ1) is 15.3. The number of aliphatic hydroxyl groups is 1. The van der Waals surface area contributed by atoms with Gasteiger partial charge >= 0.3 is 5.97 Å². The number of amides is 1. The fraction of sp³-hybridized carbons (Fsp3) is 0.923. The zero-order valence-electron chi connectivity index (χ0n) is 21.7. The second kappa shape index (κ2) is 20.5. The topological polar surface area (TPSA) is 78.9 Å². The first kappa shape index (κ1) is 30.9. The van der Waals surface area contributed by atoms with Crippen molar-refractivity contribution in [3.8, 4) is 0 Å². The average Bonchev–Trinajstić information content (AvgIpc) is 2.72. The van der Waals surface area contributed by atoms with Crippen molar-refractivity contribution < 1.29 is 19.4 Å². The van der Waals surface area contributed by atoms with Crippen LogP contribution >= 0.6 is 0 Å². The van der Waals surface area contributed by atoms with E-state index in [-0.39, 0.29) is 12.5 Å². The van der Waals surface area contributed by atoms with Gasteiger partial charge in [0.1, 0.15) is 0 Å². The van der Waals surface area contributed by atoms with Crippen LogP contribution < -0.4 is 5.32 Å². The molecule has 0 heterocycles. The molecule has 2 N–H and O–H groups in total. The maximum Gasteiger partial charge on any atom is 0.338 e. The number of nitrogens with zero attached hydrogens (tertiary/aromatic N) is 1. The number of hydrogen-bond acceptors (Lipinski definition) is 5. The van der Waals surface area contributed by atoms with E-state index in [0.717, 1.165) is 18.8 Å². The van der Waals surface area contributed by atoms with E-state index in [9.17, 15) is 14.7 Å². The Balaban J connectivity index is 3.61. The van der Waals surface area contributed by atoms with Gasteiger partial charge in [0.15, 0.2) is 12.3 Å². The van der Waals surface area contributed by atoms with Gasteiger partial charge in [-0.1, -0.05) is 97.8 Å². The van der Waals surface area contributed by atoms with Gasteiger partial charge in [0.2, 0.25) is 5.91 Å². The number of carbonyl (C=O) groups excluding carboxylic acids is 2. The van der Waals surface area contributed by atoms with Crippen LogP contribution in [0.5, 0.6) is 0 Å². The number of hydrogen-bond donors (Lipinski definition) is 2. The molecule has 32 heavy (non-hydrogen) atoms. The molecular weight excluding hydrogens is 404 g/mol. The average molecular weight is 457 g/mol. The predicted octanol–water partition coefficient (Wildman–Crippen LogP) is 5.42. The molecule has 0 aliphatic heterocycles. The SMILES string of the molecule is CCC(NC(=O)CCCCCCCCCCCCCCC(C)C)OC(=O)C(O)CN(C)C. The number of carbonyl (C=O) groups is 2. The van der Waals surface area contributed by atoms with Crippen LogP contribution in [0.15, 0.2) is 0 Å². The Labute approximate surface area is 197 Å². The molecule has 0 saturated carbocycles. The summed E-state index contributed by atoms with van der Waals surface area (Å²) in [6, 6.07) is 0. The van der Waals surface area contributed by atoms with Crippen molar-refractivity contribution in [2.75, 3.05) is 20.6 Å². The minimum Gasteiger partial charge on any atom is -0.440 e. The van der Waals surface area contributed by atoms with Crippen molar-refractivity contribution in [1.82, 2.24) is 10.2 Å². The van der Waals surface area contributed by atoms with Crippen molar-refractivity contribution in [3.63, 3.8) is 0 Å². The molecule has 0 bridgehead atoms. The van der Waals surface area contributed by atoms with Gasteiger partial charge in [0.25, 0.3) is 0 Å². The number of ether oxygens (including phenoxy) is 1. The zero-order valence-corrected chi connectivity index (χ0v) is 21.7. The second-order valence-corrected chi connectivity index (χ2v) is 9.85. The highest BCUT2D eigenvalue weighted by Gasteiger charge is 2.22. The van der Waals surface area contributed by atoms with Crippen LogP contribution in [0.25, 0.3) is 0 Å². The van der Waals surface area contributed by atoms with E-state index < -0.39 is 18.3 Å². The number of nitrogens with one attached hydrogen (secondary N) is 1. The summed E-state index contributed by atoms with van der Waals surface area (Å²) in [5.41, 5.74) is 0. The van der Waals surface area contributed by atoms with Crippen LogP contribution in [0.2, 0.25) is 0 Å². The van der Waals surface area contributed by atoms with E-state index in [2.05, 4.69) is 19.2 Å². The van der Waals surface area contributed by atoms with Gasteiger partial charge in [-0.25, -0.2) is 4.79 Å². The third kappa shape index (κ3) is 19.5. The molecule has 0 fully saturated rings. The Morgan fingerprint density at radius 1 is 0.844 bits per heavy atom. The normalized spacial score (nSPS) is 13.4. The molecule has 6 nitrogen and oxygen atoms in total. The molecule has 0 aromatic carbocycles. The summed E-state index contributed by atoms with van der Waals surface area (Å²) < 4.78 is 5.21. The highest BCUT2D eigenvalue weighted by atomic mass is 16.6. The molecule has 0 aromatic rings. The monoisotopic (exact) mass is 456 g/mol. The van der Waals surface area contributed by atoms with Gasteiger partial charge in [0, 0.05) is 19.4 Å². The van der Waals surface area contributed by atoms with Crippen molar-refractivity contribution in [2.45, 2.75) is 129 Å². The molecule has 0 rings (SSSR count). The fourth-order valence-corrected chi connectivity index (χ4v) is 3.71. The molecule has 6 heteroatoms.